The van der Waals surface area contributed by atoms with E-state index in [1.165, 1.54) is 0 Å². The van der Waals surface area contributed by atoms with Crippen molar-refractivity contribution in [2.24, 2.45) is 0 Å². The maximum atomic E-state index is 12.5. The Balaban J connectivity index is 1.92. The SMILES string of the molecule is CN1CCN(C(=O)c2cccc3[nH]ccc23)CC1=O. The molecular weight excluding hydrogens is 242 g/mol. The second-order valence-corrected chi connectivity index (χ2v) is 4.79. The average molecular weight is 257 g/mol. The third-order valence-electron chi connectivity index (χ3n) is 3.57. The number of fused-ring (bicyclic) bond motifs is 1. The fourth-order valence-corrected chi connectivity index (χ4v) is 2.37. The number of nitrogens with one attached hydrogen (secondary N) is 1. The van der Waals surface area contributed by atoms with E-state index in [1.54, 1.807) is 22.9 Å². The molecule has 2 amide bonds. The number of carbonyl (C=O) groups is 2. The van der Waals surface area contributed by atoms with Crippen molar-refractivity contribution in [2.75, 3.05) is 26.7 Å². The van der Waals surface area contributed by atoms with Crippen LogP contribution in [0.15, 0.2) is 30.5 Å². The van der Waals surface area contributed by atoms with Gasteiger partial charge in [-0.3, -0.25) is 9.59 Å². The molecule has 19 heavy (non-hydrogen) atoms. The van der Waals surface area contributed by atoms with Crippen molar-refractivity contribution in [3.8, 4) is 0 Å². The van der Waals surface area contributed by atoms with Crippen LogP contribution >= 0.6 is 0 Å². The monoisotopic (exact) mass is 257 g/mol. The predicted octanol–water partition coefficient (Wildman–Crippen LogP) is 1.08. The van der Waals surface area contributed by atoms with Gasteiger partial charge in [0.05, 0.1) is 0 Å². The first-order chi connectivity index (χ1) is 9.16. The molecule has 1 aromatic carbocycles. The molecule has 5 nitrogen and oxygen atoms in total. The van der Waals surface area contributed by atoms with Crippen molar-refractivity contribution < 1.29 is 9.59 Å². The topological polar surface area (TPSA) is 56.4 Å². The van der Waals surface area contributed by atoms with E-state index in [1.807, 2.05) is 24.4 Å². The molecule has 2 aromatic rings. The van der Waals surface area contributed by atoms with Gasteiger partial charge < -0.3 is 14.8 Å². The summed E-state index contributed by atoms with van der Waals surface area (Å²) < 4.78 is 0. The second kappa shape index (κ2) is 4.42. The van der Waals surface area contributed by atoms with Crippen LogP contribution in [0.4, 0.5) is 0 Å². The molecule has 1 aromatic heterocycles. The molecule has 1 N–H and O–H groups in total. The van der Waals surface area contributed by atoms with Gasteiger partial charge in [0.25, 0.3) is 5.91 Å². The lowest BCUT2D eigenvalue weighted by Gasteiger charge is -2.32. The van der Waals surface area contributed by atoms with Crippen molar-refractivity contribution in [3.63, 3.8) is 0 Å². The highest BCUT2D eigenvalue weighted by Gasteiger charge is 2.26. The Morgan fingerprint density at radius 1 is 1.26 bits per heavy atom. The summed E-state index contributed by atoms with van der Waals surface area (Å²) in [5.74, 6) is -0.0903. The zero-order valence-electron chi connectivity index (χ0n) is 10.7. The van der Waals surface area contributed by atoms with E-state index >= 15 is 0 Å². The normalized spacial score (nSPS) is 16.2. The molecule has 0 radical (unpaired) electrons. The number of hydrogen-bond donors (Lipinski definition) is 1. The molecule has 5 heteroatoms. The molecule has 1 aliphatic rings. The van der Waals surface area contributed by atoms with Crippen LogP contribution in [-0.4, -0.2) is 53.3 Å². The molecule has 98 valence electrons. The lowest BCUT2D eigenvalue weighted by atomic mass is 10.1. The summed E-state index contributed by atoms with van der Waals surface area (Å²) in [6, 6.07) is 7.48. The molecule has 1 fully saturated rings. The Kier molecular flexibility index (Phi) is 2.74. The zero-order valence-corrected chi connectivity index (χ0v) is 10.7. The van der Waals surface area contributed by atoms with E-state index in [4.69, 9.17) is 0 Å². The fraction of sp³-hybridized carbons (Fsp3) is 0.286. The Labute approximate surface area is 110 Å². The molecule has 1 aliphatic heterocycles. The number of rotatable bonds is 1. The highest BCUT2D eigenvalue weighted by molar-refractivity contribution is 6.07. The number of benzene rings is 1. The molecular formula is C14H15N3O2. The van der Waals surface area contributed by atoms with Crippen LogP contribution < -0.4 is 0 Å². The zero-order chi connectivity index (χ0) is 13.4. The standard InChI is InChI=1S/C14H15N3O2/c1-16-7-8-17(9-13(16)18)14(19)11-3-2-4-12-10(11)5-6-15-12/h2-6,15H,7-9H2,1H3. The first-order valence-corrected chi connectivity index (χ1v) is 6.26. The molecule has 0 atom stereocenters. The number of hydrogen-bond acceptors (Lipinski definition) is 2. The highest BCUT2D eigenvalue weighted by atomic mass is 16.2. The third kappa shape index (κ3) is 1.97. The van der Waals surface area contributed by atoms with Crippen LogP contribution in [0.25, 0.3) is 10.9 Å². The predicted molar refractivity (Wildman–Crippen MR) is 71.8 cm³/mol. The van der Waals surface area contributed by atoms with E-state index in [0.717, 1.165) is 10.9 Å². The van der Waals surface area contributed by atoms with Crippen molar-refractivity contribution in [3.05, 3.63) is 36.0 Å². The van der Waals surface area contributed by atoms with E-state index in [2.05, 4.69) is 4.98 Å². The van der Waals surface area contributed by atoms with Gasteiger partial charge in [0.2, 0.25) is 5.91 Å². The number of piperazine rings is 1. The van der Waals surface area contributed by atoms with Crippen LogP contribution in [-0.2, 0) is 4.79 Å². The molecule has 0 aliphatic carbocycles. The lowest BCUT2D eigenvalue weighted by molar-refractivity contribution is -0.133. The van der Waals surface area contributed by atoms with Crippen molar-refractivity contribution >= 4 is 22.7 Å². The van der Waals surface area contributed by atoms with Gasteiger partial charge in [-0.05, 0) is 18.2 Å². The van der Waals surface area contributed by atoms with Crippen molar-refractivity contribution in [1.29, 1.82) is 0 Å². The van der Waals surface area contributed by atoms with Crippen LogP contribution in [0.5, 0.6) is 0 Å². The summed E-state index contributed by atoms with van der Waals surface area (Å²) in [5, 5.41) is 0.902. The van der Waals surface area contributed by atoms with E-state index in [9.17, 15) is 9.59 Å². The van der Waals surface area contributed by atoms with Gasteiger partial charge in [-0.25, -0.2) is 0 Å². The molecule has 2 heterocycles. The minimum Gasteiger partial charge on any atom is -0.361 e. The molecule has 0 spiro atoms. The van der Waals surface area contributed by atoms with Crippen LogP contribution in [0.1, 0.15) is 10.4 Å². The Morgan fingerprint density at radius 2 is 2.11 bits per heavy atom. The maximum Gasteiger partial charge on any atom is 0.255 e. The summed E-state index contributed by atoms with van der Waals surface area (Å²) >= 11 is 0. The van der Waals surface area contributed by atoms with E-state index in [0.29, 0.717) is 18.7 Å². The fourth-order valence-electron chi connectivity index (χ4n) is 2.37. The van der Waals surface area contributed by atoms with Gasteiger partial charge in [-0.1, -0.05) is 6.07 Å². The van der Waals surface area contributed by atoms with Crippen LogP contribution in [0.3, 0.4) is 0 Å². The second-order valence-electron chi connectivity index (χ2n) is 4.79. The smallest absolute Gasteiger partial charge is 0.255 e. The summed E-state index contributed by atoms with van der Waals surface area (Å²) in [6.07, 6.45) is 1.82. The Bertz CT molecular complexity index is 647. The number of amides is 2. The molecule has 0 bridgehead atoms. The van der Waals surface area contributed by atoms with Gasteiger partial charge in [-0.2, -0.15) is 0 Å². The highest BCUT2D eigenvalue weighted by Crippen LogP contribution is 2.19. The Hall–Kier alpha value is -2.30. The Morgan fingerprint density at radius 3 is 2.89 bits per heavy atom. The van der Waals surface area contributed by atoms with Gasteiger partial charge in [0.1, 0.15) is 6.54 Å². The summed E-state index contributed by atoms with van der Waals surface area (Å²) in [7, 11) is 1.76. The van der Waals surface area contributed by atoms with Crippen LogP contribution in [0, 0.1) is 0 Å². The number of nitrogens with zero attached hydrogens (tertiary/aromatic N) is 2. The minimum atomic E-state index is -0.0772. The summed E-state index contributed by atoms with van der Waals surface area (Å²) in [6.45, 7) is 1.34. The van der Waals surface area contributed by atoms with Gasteiger partial charge >= 0.3 is 0 Å². The molecule has 0 unspecified atom stereocenters. The number of aromatic nitrogens is 1. The largest absolute Gasteiger partial charge is 0.361 e. The number of H-pyrrole nitrogens is 1. The lowest BCUT2D eigenvalue weighted by Crippen LogP contribution is -2.50. The van der Waals surface area contributed by atoms with Gasteiger partial charge in [0, 0.05) is 42.8 Å². The number of aromatic amines is 1. The van der Waals surface area contributed by atoms with Crippen molar-refractivity contribution in [2.45, 2.75) is 0 Å². The first kappa shape index (κ1) is 11.8. The summed E-state index contributed by atoms with van der Waals surface area (Å²) in [5.41, 5.74) is 1.59. The van der Waals surface area contributed by atoms with Crippen molar-refractivity contribution in [1.82, 2.24) is 14.8 Å². The average Bonchev–Trinajstić information content (AvgIpc) is 2.89. The van der Waals surface area contributed by atoms with Crippen LogP contribution in [0.2, 0.25) is 0 Å². The maximum absolute atomic E-state index is 12.5. The molecule has 3 rings (SSSR count). The molecule has 0 saturated carbocycles. The number of likely N-dealkylation sites (N-methyl/N-ethyl adjacent to an activating group) is 1. The first-order valence-electron chi connectivity index (χ1n) is 6.26. The molecule has 1 saturated heterocycles. The minimum absolute atomic E-state index is 0.0131. The number of carbonyl (C=O) groups excluding carboxylic acids is 2. The van der Waals surface area contributed by atoms with Gasteiger partial charge in [-0.15, -0.1) is 0 Å². The van der Waals surface area contributed by atoms with E-state index < -0.39 is 0 Å². The van der Waals surface area contributed by atoms with Gasteiger partial charge in [0.15, 0.2) is 0 Å². The van der Waals surface area contributed by atoms with E-state index in [-0.39, 0.29) is 18.4 Å². The quantitative estimate of drug-likeness (QED) is 0.831. The summed E-state index contributed by atoms with van der Waals surface area (Å²) in [4.78, 5) is 30.5. The third-order valence-corrected chi connectivity index (χ3v) is 3.57.